The van der Waals surface area contributed by atoms with Gasteiger partial charge in [0.15, 0.2) is 0 Å². The molecule has 1 aromatic carbocycles. The number of methoxy groups -OCH3 is 1. The Kier molecular flexibility index (Phi) is 6.56. The quantitative estimate of drug-likeness (QED) is 0.740. The largest absolute Gasteiger partial charge is 0.497 e. The summed E-state index contributed by atoms with van der Waals surface area (Å²) in [5, 5.41) is 3.17. The fourth-order valence-electron chi connectivity index (χ4n) is 1.87. The zero-order valence-electron chi connectivity index (χ0n) is 12.1. The van der Waals surface area contributed by atoms with Gasteiger partial charge in [-0.1, -0.05) is 0 Å². The summed E-state index contributed by atoms with van der Waals surface area (Å²) >= 11 is 0. The molecule has 110 valence electrons. The Morgan fingerprint density at radius 3 is 2.35 bits per heavy atom. The van der Waals surface area contributed by atoms with E-state index >= 15 is 0 Å². The normalized spacial score (nSPS) is 11.6. The third-order valence-electron chi connectivity index (χ3n) is 2.71. The van der Waals surface area contributed by atoms with Crippen molar-refractivity contribution >= 4 is 17.4 Å². The number of benzene rings is 1. The predicted molar refractivity (Wildman–Crippen MR) is 77.0 cm³/mol. The van der Waals surface area contributed by atoms with Gasteiger partial charge < -0.3 is 14.8 Å². The standard InChI is InChI=1S/C15H21NO4/c1-4-20-15(18)10-13(9-11(2)17)16-12-5-7-14(19-3)8-6-12/h5-8,13,16H,4,9-10H2,1-3H3/t13-/m0/s1. The van der Waals surface area contributed by atoms with Crippen LogP contribution in [0.1, 0.15) is 26.7 Å². The number of ether oxygens (including phenoxy) is 2. The van der Waals surface area contributed by atoms with Gasteiger partial charge in [-0.05, 0) is 38.1 Å². The van der Waals surface area contributed by atoms with Crippen LogP contribution < -0.4 is 10.1 Å². The summed E-state index contributed by atoms with van der Waals surface area (Å²) in [6, 6.07) is 7.06. The maximum Gasteiger partial charge on any atom is 0.307 e. The van der Waals surface area contributed by atoms with Crippen molar-refractivity contribution in [2.24, 2.45) is 0 Å². The van der Waals surface area contributed by atoms with Crippen molar-refractivity contribution in [2.45, 2.75) is 32.7 Å². The topological polar surface area (TPSA) is 64.6 Å². The van der Waals surface area contributed by atoms with Gasteiger partial charge in [0.05, 0.1) is 20.1 Å². The molecule has 1 N–H and O–H groups in total. The van der Waals surface area contributed by atoms with E-state index in [0.717, 1.165) is 11.4 Å². The average Bonchev–Trinajstić information content (AvgIpc) is 2.39. The van der Waals surface area contributed by atoms with E-state index in [4.69, 9.17) is 9.47 Å². The van der Waals surface area contributed by atoms with E-state index in [0.29, 0.717) is 6.61 Å². The number of ketones is 1. The first-order valence-electron chi connectivity index (χ1n) is 6.60. The van der Waals surface area contributed by atoms with Gasteiger partial charge in [-0.15, -0.1) is 0 Å². The van der Waals surface area contributed by atoms with Crippen molar-refractivity contribution in [1.29, 1.82) is 0 Å². The molecule has 0 saturated carbocycles. The van der Waals surface area contributed by atoms with Gasteiger partial charge in [0, 0.05) is 18.2 Å². The van der Waals surface area contributed by atoms with Crippen LogP contribution in [0.25, 0.3) is 0 Å². The maximum absolute atomic E-state index is 11.5. The van der Waals surface area contributed by atoms with E-state index in [1.165, 1.54) is 6.92 Å². The van der Waals surface area contributed by atoms with Gasteiger partial charge in [-0.25, -0.2) is 0 Å². The Morgan fingerprint density at radius 1 is 1.20 bits per heavy atom. The van der Waals surface area contributed by atoms with Crippen LogP contribution in [0.3, 0.4) is 0 Å². The van der Waals surface area contributed by atoms with Gasteiger partial charge >= 0.3 is 5.97 Å². The molecular formula is C15H21NO4. The van der Waals surface area contributed by atoms with Crippen LogP contribution in [0.15, 0.2) is 24.3 Å². The molecule has 0 amide bonds. The highest BCUT2D eigenvalue weighted by atomic mass is 16.5. The van der Waals surface area contributed by atoms with Crippen LogP contribution in [-0.2, 0) is 14.3 Å². The number of hydrogen-bond acceptors (Lipinski definition) is 5. The van der Waals surface area contributed by atoms with E-state index in [1.54, 1.807) is 14.0 Å². The van der Waals surface area contributed by atoms with Gasteiger partial charge in [-0.2, -0.15) is 0 Å². The molecule has 0 fully saturated rings. The Labute approximate surface area is 119 Å². The molecule has 1 aromatic rings. The first-order valence-corrected chi connectivity index (χ1v) is 6.60. The maximum atomic E-state index is 11.5. The fraction of sp³-hybridized carbons (Fsp3) is 0.467. The molecule has 0 aliphatic carbocycles. The highest BCUT2D eigenvalue weighted by molar-refractivity contribution is 5.78. The van der Waals surface area contributed by atoms with Crippen LogP contribution in [0.5, 0.6) is 5.75 Å². The molecule has 1 atom stereocenters. The van der Waals surface area contributed by atoms with Crippen molar-refractivity contribution in [3.8, 4) is 5.75 Å². The number of carbonyl (C=O) groups is 2. The minimum atomic E-state index is -0.306. The van der Waals surface area contributed by atoms with E-state index in [1.807, 2.05) is 24.3 Å². The van der Waals surface area contributed by atoms with Crippen LogP contribution in [0.4, 0.5) is 5.69 Å². The summed E-state index contributed by atoms with van der Waals surface area (Å²) in [5.41, 5.74) is 0.835. The molecule has 5 heteroatoms. The first kappa shape index (κ1) is 16.0. The zero-order valence-corrected chi connectivity index (χ0v) is 12.1. The number of anilines is 1. The second-order valence-corrected chi connectivity index (χ2v) is 4.49. The molecule has 20 heavy (non-hydrogen) atoms. The zero-order chi connectivity index (χ0) is 15.0. The number of nitrogens with one attached hydrogen (secondary N) is 1. The van der Waals surface area contributed by atoms with E-state index in [9.17, 15) is 9.59 Å². The summed E-state index contributed by atoms with van der Waals surface area (Å²) in [6.45, 7) is 3.61. The van der Waals surface area contributed by atoms with Crippen molar-refractivity contribution < 1.29 is 19.1 Å². The number of rotatable bonds is 8. The summed E-state index contributed by atoms with van der Waals surface area (Å²) in [7, 11) is 1.60. The van der Waals surface area contributed by atoms with E-state index in [-0.39, 0.29) is 30.6 Å². The molecule has 0 aliphatic heterocycles. The van der Waals surface area contributed by atoms with Gasteiger partial charge in [0.25, 0.3) is 0 Å². The minimum Gasteiger partial charge on any atom is -0.497 e. The predicted octanol–water partition coefficient (Wildman–Crippen LogP) is 2.41. The van der Waals surface area contributed by atoms with Crippen molar-refractivity contribution in [2.75, 3.05) is 19.0 Å². The Bertz CT molecular complexity index is 442. The summed E-state index contributed by atoms with van der Waals surface area (Å²) in [6.07, 6.45) is 0.449. The number of carbonyl (C=O) groups excluding carboxylic acids is 2. The minimum absolute atomic E-state index is 0.0281. The van der Waals surface area contributed by atoms with Crippen molar-refractivity contribution in [3.63, 3.8) is 0 Å². The van der Waals surface area contributed by atoms with Gasteiger partial charge in [0.1, 0.15) is 11.5 Å². The third kappa shape index (κ3) is 5.73. The van der Waals surface area contributed by atoms with Crippen LogP contribution in [-0.4, -0.2) is 31.5 Å². The molecule has 0 radical (unpaired) electrons. The van der Waals surface area contributed by atoms with E-state index < -0.39 is 0 Å². The van der Waals surface area contributed by atoms with Crippen LogP contribution in [0.2, 0.25) is 0 Å². The second kappa shape index (κ2) is 8.19. The lowest BCUT2D eigenvalue weighted by molar-refractivity contribution is -0.143. The number of hydrogen-bond donors (Lipinski definition) is 1. The molecule has 0 spiro atoms. The molecule has 0 bridgehead atoms. The average molecular weight is 279 g/mol. The first-order chi connectivity index (χ1) is 9.55. The SMILES string of the molecule is CCOC(=O)C[C@H](CC(C)=O)Nc1ccc(OC)cc1. The van der Waals surface area contributed by atoms with Crippen LogP contribution >= 0.6 is 0 Å². The molecule has 0 aliphatic rings. The molecular weight excluding hydrogens is 258 g/mol. The molecule has 1 rings (SSSR count). The number of esters is 1. The molecule has 0 unspecified atom stereocenters. The molecule has 0 aromatic heterocycles. The lowest BCUT2D eigenvalue weighted by atomic mass is 10.1. The number of Topliss-reactive ketones (excluding diaryl/α,β-unsaturated/α-hetero) is 1. The third-order valence-corrected chi connectivity index (χ3v) is 2.71. The highest BCUT2D eigenvalue weighted by Crippen LogP contribution is 2.17. The lowest BCUT2D eigenvalue weighted by Gasteiger charge is -2.18. The molecule has 5 nitrogen and oxygen atoms in total. The van der Waals surface area contributed by atoms with Crippen molar-refractivity contribution in [1.82, 2.24) is 0 Å². The Balaban J connectivity index is 2.67. The monoisotopic (exact) mass is 279 g/mol. The smallest absolute Gasteiger partial charge is 0.307 e. The Morgan fingerprint density at radius 2 is 1.85 bits per heavy atom. The van der Waals surface area contributed by atoms with Gasteiger partial charge in [-0.3, -0.25) is 9.59 Å². The summed E-state index contributed by atoms with van der Waals surface area (Å²) in [4.78, 5) is 22.8. The summed E-state index contributed by atoms with van der Waals surface area (Å²) < 4.78 is 10.00. The summed E-state index contributed by atoms with van der Waals surface area (Å²) in [5.74, 6) is 0.476. The highest BCUT2D eigenvalue weighted by Gasteiger charge is 2.16. The van der Waals surface area contributed by atoms with Gasteiger partial charge in [0.2, 0.25) is 0 Å². The van der Waals surface area contributed by atoms with Crippen LogP contribution in [0, 0.1) is 0 Å². The molecule has 0 heterocycles. The Hall–Kier alpha value is -2.04. The fourth-order valence-corrected chi connectivity index (χ4v) is 1.87. The molecule has 0 saturated heterocycles. The van der Waals surface area contributed by atoms with Crippen molar-refractivity contribution in [3.05, 3.63) is 24.3 Å². The van der Waals surface area contributed by atoms with E-state index in [2.05, 4.69) is 5.32 Å². The lowest BCUT2D eigenvalue weighted by Crippen LogP contribution is -2.26. The second-order valence-electron chi connectivity index (χ2n) is 4.49.